The van der Waals surface area contributed by atoms with Crippen molar-refractivity contribution in [1.82, 2.24) is 0 Å². The van der Waals surface area contributed by atoms with Crippen LogP contribution < -0.4 is 10.1 Å². The number of hydrogen-bond donors (Lipinski definition) is 1. The largest absolute Gasteiger partial charge is 0.496 e. The highest BCUT2D eigenvalue weighted by Gasteiger charge is 2.23. The fraction of sp³-hybridized carbons (Fsp3) is 0.250. The molecule has 2 rings (SSSR count). The number of benzene rings is 1. The average Bonchev–Trinajstić information content (AvgIpc) is 3.01. The number of methoxy groups -OCH3 is 1. The molecule has 1 atom stereocenters. The number of nitro groups is 1. The van der Waals surface area contributed by atoms with Gasteiger partial charge in [0.15, 0.2) is 6.10 Å². The second-order valence-corrected chi connectivity index (χ2v) is 6.38. The molecule has 1 aromatic carbocycles. The third-order valence-electron chi connectivity index (χ3n) is 3.25. The Bertz CT molecular complexity index is 817. The molecule has 1 amide bonds. The van der Waals surface area contributed by atoms with Crippen molar-refractivity contribution in [3.05, 3.63) is 50.2 Å². The van der Waals surface area contributed by atoms with Gasteiger partial charge in [0, 0.05) is 4.88 Å². The number of amides is 1. The highest BCUT2D eigenvalue weighted by molar-refractivity contribution is 7.13. The van der Waals surface area contributed by atoms with Gasteiger partial charge in [-0.2, -0.15) is 0 Å². The van der Waals surface area contributed by atoms with E-state index in [1.54, 1.807) is 12.1 Å². The summed E-state index contributed by atoms with van der Waals surface area (Å²) in [6.07, 6.45) is -1.11. The number of nitro benzene ring substituents is 1. The van der Waals surface area contributed by atoms with Crippen molar-refractivity contribution in [2.45, 2.75) is 20.0 Å². The number of nitrogens with zero attached hydrogens (tertiary/aromatic N) is 1. The third-order valence-corrected chi connectivity index (χ3v) is 4.23. The Morgan fingerprint density at radius 3 is 2.56 bits per heavy atom. The van der Waals surface area contributed by atoms with E-state index in [1.165, 1.54) is 43.6 Å². The number of carbonyl (C=O) groups excluding carboxylic acids is 2. The molecule has 0 saturated heterocycles. The zero-order valence-electron chi connectivity index (χ0n) is 13.8. The number of thiophene rings is 1. The molecule has 25 heavy (non-hydrogen) atoms. The van der Waals surface area contributed by atoms with Crippen molar-refractivity contribution in [3.63, 3.8) is 0 Å². The van der Waals surface area contributed by atoms with E-state index < -0.39 is 22.9 Å². The van der Waals surface area contributed by atoms with Crippen LogP contribution in [-0.4, -0.2) is 30.0 Å². The van der Waals surface area contributed by atoms with Gasteiger partial charge in [-0.3, -0.25) is 14.9 Å². The molecule has 9 heteroatoms. The molecule has 0 aliphatic carbocycles. The van der Waals surface area contributed by atoms with E-state index >= 15 is 0 Å². The first kappa shape index (κ1) is 18.4. The van der Waals surface area contributed by atoms with Crippen molar-refractivity contribution < 1.29 is 24.0 Å². The normalized spacial score (nSPS) is 11.5. The van der Waals surface area contributed by atoms with Gasteiger partial charge in [0.1, 0.15) is 16.3 Å². The molecule has 0 spiro atoms. The molecule has 1 heterocycles. The average molecular weight is 364 g/mol. The number of nitrogens with one attached hydrogen (secondary N) is 1. The molecular weight excluding hydrogens is 348 g/mol. The van der Waals surface area contributed by atoms with Gasteiger partial charge < -0.3 is 14.8 Å². The molecule has 0 fully saturated rings. The number of carbonyl (C=O) groups is 2. The molecule has 0 saturated carbocycles. The summed E-state index contributed by atoms with van der Waals surface area (Å²) in [5.74, 6) is -1.00. The minimum Gasteiger partial charge on any atom is -0.496 e. The fourth-order valence-electron chi connectivity index (χ4n) is 1.95. The van der Waals surface area contributed by atoms with Gasteiger partial charge in [-0.05, 0) is 38.1 Å². The zero-order chi connectivity index (χ0) is 18.6. The molecule has 0 aliphatic heterocycles. The summed E-state index contributed by atoms with van der Waals surface area (Å²) in [5, 5.41) is 13.5. The van der Waals surface area contributed by atoms with Crippen molar-refractivity contribution >= 4 is 34.6 Å². The number of aryl methyl sites for hydroxylation is 1. The summed E-state index contributed by atoms with van der Waals surface area (Å²) < 4.78 is 10.0. The Morgan fingerprint density at radius 1 is 1.28 bits per heavy atom. The van der Waals surface area contributed by atoms with Crippen LogP contribution in [0.1, 0.15) is 21.5 Å². The van der Waals surface area contributed by atoms with E-state index in [0.29, 0.717) is 4.88 Å². The summed E-state index contributed by atoms with van der Waals surface area (Å²) in [4.78, 5) is 36.0. The first-order chi connectivity index (χ1) is 11.8. The van der Waals surface area contributed by atoms with Crippen LogP contribution in [0.25, 0.3) is 0 Å². The second-order valence-electron chi connectivity index (χ2n) is 5.09. The Hall–Kier alpha value is -2.94. The molecule has 132 valence electrons. The number of ether oxygens (including phenoxy) is 2. The predicted octanol–water partition coefficient (Wildman–Crippen LogP) is 3.16. The molecule has 1 N–H and O–H groups in total. The van der Waals surface area contributed by atoms with E-state index in [2.05, 4.69) is 5.32 Å². The molecule has 0 radical (unpaired) electrons. The first-order valence-electron chi connectivity index (χ1n) is 7.22. The second kappa shape index (κ2) is 7.75. The summed E-state index contributed by atoms with van der Waals surface area (Å²) >= 11 is 1.25. The lowest BCUT2D eigenvalue weighted by Gasteiger charge is -2.13. The van der Waals surface area contributed by atoms with Crippen LogP contribution in [0.5, 0.6) is 5.75 Å². The zero-order valence-corrected chi connectivity index (χ0v) is 14.6. The molecule has 0 aliphatic rings. The standard InChI is InChI=1S/C16H16N2O6S/c1-9-4-7-14(25-9)16(20)24-10(2)15(19)17-12-6-5-11(23-3)8-13(12)18(21)22/h4-8,10H,1-3H3,(H,17,19). The molecule has 1 unspecified atom stereocenters. The Labute approximate surface area is 147 Å². The minimum absolute atomic E-state index is 0.00864. The van der Waals surface area contributed by atoms with E-state index in [1.807, 2.05) is 6.92 Å². The summed E-state index contributed by atoms with van der Waals surface area (Å²) in [7, 11) is 1.38. The number of hydrogen-bond acceptors (Lipinski definition) is 7. The van der Waals surface area contributed by atoms with Gasteiger partial charge in [0.05, 0.1) is 18.1 Å². The van der Waals surface area contributed by atoms with Gasteiger partial charge in [-0.1, -0.05) is 0 Å². The fourth-order valence-corrected chi connectivity index (χ4v) is 2.70. The quantitative estimate of drug-likeness (QED) is 0.479. The Balaban J connectivity index is 2.08. The molecule has 2 aromatic rings. The number of anilines is 1. The van der Waals surface area contributed by atoms with Crippen LogP contribution in [0, 0.1) is 17.0 Å². The first-order valence-corrected chi connectivity index (χ1v) is 8.04. The lowest BCUT2D eigenvalue weighted by molar-refractivity contribution is -0.384. The third kappa shape index (κ3) is 4.54. The topological polar surface area (TPSA) is 108 Å². The van der Waals surface area contributed by atoms with Crippen LogP contribution in [0.15, 0.2) is 30.3 Å². The highest BCUT2D eigenvalue weighted by atomic mass is 32.1. The maximum absolute atomic E-state index is 12.2. The molecule has 8 nitrogen and oxygen atoms in total. The van der Waals surface area contributed by atoms with E-state index in [-0.39, 0.29) is 17.1 Å². The van der Waals surface area contributed by atoms with E-state index in [0.717, 1.165) is 4.88 Å². The molecular formula is C16H16N2O6S. The van der Waals surface area contributed by atoms with Crippen molar-refractivity contribution in [2.75, 3.05) is 12.4 Å². The Morgan fingerprint density at radius 2 is 2.00 bits per heavy atom. The van der Waals surface area contributed by atoms with E-state index in [9.17, 15) is 19.7 Å². The SMILES string of the molecule is COc1ccc(NC(=O)C(C)OC(=O)c2ccc(C)s2)c([N+](=O)[O-])c1. The highest BCUT2D eigenvalue weighted by Crippen LogP contribution is 2.29. The minimum atomic E-state index is -1.11. The van der Waals surface area contributed by atoms with Gasteiger partial charge in [-0.25, -0.2) is 4.79 Å². The van der Waals surface area contributed by atoms with Gasteiger partial charge >= 0.3 is 5.97 Å². The van der Waals surface area contributed by atoms with Crippen LogP contribution in [0.4, 0.5) is 11.4 Å². The van der Waals surface area contributed by atoms with Crippen LogP contribution in [0.2, 0.25) is 0 Å². The van der Waals surface area contributed by atoms with Gasteiger partial charge in [-0.15, -0.1) is 11.3 Å². The van der Waals surface area contributed by atoms with Crippen molar-refractivity contribution in [2.24, 2.45) is 0 Å². The van der Waals surface area contributed by atoms with Crippen molar-refractivity contribution in [1.29, 1.82) is 0 Å². The van der Waals surface area contributed by atoms with Crippen LogP contribution in [-0.2, 0) is 9.53 Å². The van der Waals surface area contributed by atoms with Gasteiger partial charge in [0.2, 0.25) is 0 Å². The summed E-state index contributed by atoms with van der Waals surface area (Å²) in [6, 6.07) is 7.41. The smallest absolute Gasteiger partial charge is 0.349 e. The number of esters is 1. The summed E-state index contributed by atoms with van der Waals surface area (Å²) in [6.45, 7) is 3.24. The lowest BCUT2D eigenvalue weighted by atomic mass is 10.2. The van der Waals surface area contributed by atoms with Crippen LogP contribution >= 0.6 is 11.3 Å². The Kier molecular flexibility index (Phi) is 5.71. The molecule has 1 aromatic heterocycles. The van der Waals surface area contributed by atoms with Crippen LogP contribution in [0.3, 0.4) is 0 Å². The number of rotatable bonds is 6. The lowest BCUT2D eigenvalue weighted by Crippen LogP contribution is -2.30. The predicted molar refractivity (Wildman–Crippen MR) is 92.2 cm³/mol. The van der Waals surface area contributed by atoms with Gasteiger partial charge in [0.25, 0.3) is 11.6 Å². The van der Waals surface area contributed by atoms with E-state index in [4.69, 9.17) is 9.47 Å². The van der Waals surface area contributed by atoms with Crippen molar-refractivity contribution in [3.8, 4) is 5.75 Å². The maximum atomic E-state index is 12.2. The molecule has 0 bridgehead atoms. The summed E-state index contributed by atoms with van der Waals surface area (Å²) in [5.41, 5.74) is -0.328. The monoisotopic (exact) mass is 364 g/mol. The maximum Gasteiger partial charge on any atom is 0.349 e.